The summed E-state index contributed by atoms with van der Waals surface area (Å²) in [6.07, 6.45) is 6.65. The Morgan fingerprint density at radius 1 is 1.03 bits per heavy atom. The summed E-state index contributed by atoms with van der Waals surface area (Å²) >= 11 is 0. The smallest absolute Gasteiger partial charge is 0.322 e. The Bertz CT molecular complexity index is 963. The number of hydrogen-bond donors (Lipinski definition) is 2. The number of hydrogen-bond acceptors (Lipinski definition) is 4. The van der Waals surface area contributed by atoms with Crippen LogP contribution in [0.2, 0.25) is 0 Å². The number of imide groups is 1. The maximum absolute atomic E-state index is 12.9. The third-order valence-corrected chi connectivity index (χ3v) is 6.66. The van der Waals surface area contributed by atoms with Crippen molar-refractivity contribution >= 4 is 23.7 Å². The third kappa shape index (κ3) is 4.86. The first kappa shape index (κ1) is 22.1. The summed E-state index contributed by atoms with van der Waals surface area (Å²) in [7, 11) is 4.08. The zero-order chi connectivity index (χ0) is 22.6. The highest BCUT2D eigenvalue weighted by molar-refractivity contribution is 6.07. The highest BCUT2D eigenvalue weighted by Gasteiger charge is 2.52. The predicted molar refractivity (Wildman–Crippen MR) is 129 cm³/mol. The number of carbonyl (C=O) groups is 2. The Morgan fingerprint density at radius 3 is 2.31 bits per heavy atom. The van der Waals surface area contributed by atoms with Crippen LogP contribution in [-0.4, -0.2) is 56.1 Å². The SMILES string of the molecule is CN(C)c1ccc(/C=C/CN2CCC(C3(Cc4ccccc4)NC(=O)NC3=O)CC2)cc1. The molecule has 2 N–H and O–H groups in total. The lowest BCUT2D eigenvalue weighted by atomic mass is 9.74. The standard InChI is InChI=1S/C26H32N4O2/c1-29(2)23-12-10-20(11-13-23)9-6-16-30-17-14-22(15-18-30)26(24(31)27-25(32)28-26)19-21-7-4-3-5-8-21/h3-13,22H,14-19H2,1-2H3,(H2,27,28,31,32)/b9-6+. The zero-order valence-corrected chi connectivity index (χ0v) is 18.9. The van der Waals surface area contributed by atoms with Crippen molar-refractivity contribution in [3.8, 4) is 0 Å². The number of nitrogens with zero attached hydrogens (tertiary/aromatic N) is 2. The topological polar surface area (TPSA) is 64.7 Å². The molecule has 0 bridgehead atoms. The van der Waals surface area contributed by atoms with E-state index < -0.39 is 5.54 Å². The molecule has 4 rings (SSSR count). The molecule has 0 aromatic heterocycles. The van der Waals surface area contributed by atoms with E-state index in [9.17, 15) is 9.59 Å². The number of nitrogens with one attached hydrogen (secondary N) is 2. The maximum Gasteiger partial charge on any atom is 0.322 e. The van der Waals surface area contributed by atoms with Gasteiger partial charge < -0.3 is 10.2 Å². The Hall–Kier alpha value is -3.12. The molecule has 168 valence electrons. The number of anilines is 1. The first-order chi connectivity index (χ1) is 15.5. The van der Waals surface area contributed by atoms with Gasteiger partial charge in [-0.2, -0.15) is 0 Å². The van der Waals surface area contributed by atoms with E-state index in [2.05, 4.69) is 56.9 Å². The fourth-order valence-electron chi connectivity index (χ4n) is 4.81. The molecule has 32 heavy (non-hydrogen) atoms. The van der Waals surface area contributed by atoms with Crippen LogP contribution < -0.4 is 15.5 Å². The summed E-state index contributed by atoms with van der Waals surface area (Å²) in [5, 5.41) is 5.47. The molecule has 0 aliphatic carbocycles. The van der Waals surface area contributed by atoms with Crippen molar-refractivity contribution in [3.05, 3.63) is 71.8 Å². The van der Waals surface area contributed by atoms with Crippen molar-refractivity contribution in [3.63, 3.8) is 0 Å². The van der Waals surface area contributed by atoms with E-state index in [1.807, 2.05) is 44.4 Å². The molecular formula is C26H32N4O2. The van der Waals surface area contributed by atoms with E-state index in [1.54, 1.807) is 0 Å². The summed E-state index contributed by atoms with van der Waals surface area (Å²) in [6.45, 7) is 2.70. The Morgan fingerprint density at radius 2 is 1.72 bits per heavy atom. The molecule has 0 saturated carbocycles. The Kier molecular flexibility index (Phi) is 6.61. The highest BCUT2D eigenvalue weighted by Crippen LogP contribution is 2.34. The second kappa shape index (κ2) is 9.57. The number of piperidine rings is 1. The molecule has 2 aromatic rings. The first-order valence-corrected chi connectivity index (χ1v) is 11.3. The monoisotopic (exact) mass is 432 g/mol. The van der Waals surface area contributed by atoms with Crippen LogP contribution >= 0.6 is 0 Å². The average molecular weight is 433 g/mol. The lowest BCUT2D eigenvalue weighted by Crippen LogP contribution is -2.57. The van der Waals surface area contributed by atoms with Crippen LogP contribution in [0.3, 0.4) is 0 Å². The van der Waals surface area contributed by atoms with Gasteiger partial charge in [-0.15, -0.1) is 0 Å². The minimum Gasteiger partial charge on any atom is -0.378 e. The van der Waals surface area contributed by atoms with Crippen LogP contribution in [0.4, 0.5) is 10.5 Å². The average Bonchev–Trinajstić information content (AvgIpc) is 3.08. The van der Waals surface area contributed by atoms with Crippen LogP contribution in [0.15, 0.2) is 60.7 Å². The van der Waals surface area contributed by atoms with Crippen LogP contribution in [0.1, 0.15) is 24.0 Å². The molecule has 2 fully saturated rings. The summed E-state index contributed by atoms with van der Waals surface area (Å²) in [4.78, 5) is 29.4. The van der Waals surface area contributed by atoms with Gasteiger partial charge in [0, 0.05) is 32.7 Å². The second-order valence-electron chi connectivity index (χ2n) is 9.01. The highest BCUT2D eigenvalue weighted by atomic mass is 16.2. The van der Waals surface area contributed by atoms with Gasteiger partial charge in [0.1, 0.15) is 5.54 Å². The van der Waals surface area contributed by atoms with Crippen molar-refractivity contribution in [1.29, 1.82) is 0 Å². The zero-order valence-electron chi connectivity index (χ0n) is 18.9. The van der Waals surface area contributed by atoms with Gasteiger partial charge in [0.25, 0.3) is 5.91 Å². The molecular weight excluding hydrogens is 400 g/mol. The largest absolute Gasteiger partial charge is 0.378 e. The number of carbonyl (C=O) groups excluding carboxylic acids is 2. The Balaban J connectivity index is 1.36. The van der Waals surface area contributed by atoms with Gasteiger partial charge in [-0.1, -0.05) is 54.6 Å². The summed E-state index contributed by atoms with van der Waals surface area (Å²) in [5.41, 5.74) is 2.60. The van der Waals surface area contributed by atoms with Crippen molar-refractivity contribution in [1.82, 2.24) is 15.5 Å². The van der Waals surface area contributed by atoms with Crippen LogP contribution in [-0.2, 0) is 11.2 Å². The molecule has 1 unspecified atom stereocenters. The van der Waals surface area contributed by atoms with E-state index >= 15 is 0 Å². The number of urea groups is 1. The molecule has 2 aliphatic rings. The van der Waals surface area contributed by atoms with Crippen LogP contribution in [0, 0.1) is 5.92 Å². The van der Waals surface area contributed by atoms with E-state index in [4.69, 9.17) is 0 Å². The van der Waals surface area contributed by atoms with Crippen molar-refractivity contribution in [2.75, 3.05) is 38.6 Å². The minimum atomic E-state index is -0.853. The first-order valence-electron chi connectivity index (χ1n) is 11.3. The van der Waals surface area contributed by atoms with Gasteiger partial charge in [-0.05, 0) is 55.1 Å². The van der Waals surface area contributed by atoms with Gasteiger partial charge in [0.05, 0.1) is 0 Å². The molecule has 0 radical (unpaired) electrons. The van der Waals surface area contributed by atoms with E-state index in [0.717, 1.165) is 38.0 Å². The molecule has 6 nitrogen and oxygen atoms in total. The fourth-order valence-corrected chi connectivity index (χ4v) is 4.81. The maximum atomic E-state index is 12.9. The second-order valence-corrected chi connectivity index (χ2v) is 9.01. The van der Waals surface area contributed by atoms with Gasteiger partial charge in [-0.3, -0.25) is 15.0 Å². The fraction of sp³-hybridized carbons (Fsp3) is 0.385. The molecule has 6 heteroatoms. The van der Waals surface area contributed by atoms with Gasteiger partial charge in [0.15, 0.2) is 0 Å². The summed E-state index contributed by atoms with van der Waals surface area (Å²) < 4.78 is 0. The van der Waals surface area contributed by atoms with Crippen molar-refractivity contribution < 1.29 is 9.59 Å². The lowest BCUT2D eigenvalue weighted by molar-refractivity contribution is -0.126. The van der Waals surface area contributed by atoms with E-state index in [-0.39, 0.29) is 17.9 Å². The Labute approximate surface area is 190 Å². The summed E-state index contributed by atoms with van der Waals surface area (Å²) in [6, 6.07) is 18.1. The summed E-state index contributed by atoms with van der Waals surface area (Å²) in [5.74, 6) is -0.0705. The van der Waals surface area contributed by atoms with Crippen molar-refractivity contribution in [2.45, 2.75) is 24.8 Å². The molecule has 3 amide bonds. The number of rotatable bonds is 7. The molecule has 1 atom stereocenters. The quantitative estimate of drug-likeness (QED) is 0.659. The number of likely N-dealkylation sites (tertiary alicyclic amines) is 1. The normalized spacial score (nSPS) is 22.2. The van der Waals surface area contributed by atoms with Crippen LogP contribution in [0.5, 0.6) is 0 Å². The number of benzene rings is 2. The molecule has 2 saturated heterocycles. The number of amides is 3. The molecule has 2 heterocycles. The van der Waals surface area contributed by atoms with Crippen molar-refractivity contribution in [2.24, 2.45) is 5.92 Å². The minimum absolute atomic E-state index is 0.118. The van der Waals surface area contributed by atoms with Gasteiger partial charge in [0.2, 0.25) is 0 Å². The van der Waals surface area contributed by atoms with E-state index in [0.29, 0.717) is 6.42 Å². The molecule has 0 spiro atoms. The molecule has 2 aromatic carbocycles. The van der Waals surface area contributed by atoms with Gasteiger partial charge >= 0.3 is 6.03 Å². The molecule has 2 aliphatic heterocycles. The van der Waals surface area contributed by atoms with Crippen LogP contribution in [0.25, 0.3) is 6.08 Å². The lowest BCUT2D eigenvalue weighted by Gasteiger charge is -2.40. The van der Waals surface area contributed by atoms with E-state index in [1.165, 1.54) is 11.3 Å². The van der Waals surface area contributed by atoms with Gasteiger partial charge in [-0.25, -0.2) is 4.79 Å². The third-order valence-electron chi connectivity index (χ3n) is 6.66. The predicted octanol–water partition coefficient (Wildman–Crippen LogP) is 3.30.